The summed E-state index contributed by atoms with van der Waals surface area (Å²) in [5, 5.41) is 11.0. The van der Waals surface area contributed by atoms with Crippen LogP contribution in [-0.2, 0) is 6.54 Å². The maximum Gasteiger partial charge on any atom is 0.119 e. The van der Waals surface area contributed by atoms with Crippen LogP contribution in [0.4, 0.5) is 0 Å². The molecule has 2 heterocycles. The molecule has 0 spiro atoms. The minimum atomic E-state index is 0.562. The van der Waals surface area contributed by atoms with E-state index in [1.165, 1.54) is 24.9 Å². The van der Waals surface area contributed by atoms with Crippen LogP contribution >= 0.6 is 0 Å². The Morgan fingerprint density at radius 2 is 2.36 bits per heavy atom. The smallest absolute Gasteiger partial charge is 0.119 e. The number of hydrogen-bond acceptors (Lipinski definition) is 4. The topological polar surface area (TPSA) is 53.2 Å². The number of H-pyrrole nitrogens is 1. The fraction of sp³-hybridized carbons (Fsp3) is 0.471. The molecule has 1 aliphatic heterocycles. The molecule has 0 bridgehead atoms. The predicted octanol–water partition coefficient (Wildman–Crippen LogP) is 2.27. The largest absolute Gasteiger partial charge is 0.497 e. The van der Waals surface area contributed by atoms with Crippen LogP contribution in [0.3, 0.4) is 0 Å². The number of benzene rings is 1. The number of methoxy groups -OCH3 is 1. The predicted molar refractivity (Wildman–Crippen MR) is 87.9 cm³/mol. The Hall–Kier alpha value is -1.85. The number of hydrogen-bond donors (Lipinski definition) is 2. The summed E-state index contributed by atoms with van der Waals surface area (Å²) in [6, 6.07) is 8.63. The van der Waals surface area contributed by atoms with Gasteiger partial charge in [0.25, 0.3) is 0 Å². The third kappa shape index (κ3) is 3.48. The number of rotatable bonds is 5. The van der Waals surface area contributed by atoms with Gasteiger partial charge in [-0.3, -0.25) is 5.10 Å². The molecule has 3 rings (SSSR count). The Kier molecular flexibility index (Phi) is 4.75. The quantitative estimate of drug-likeness (QED) is 0.889. The summed E-state index contributed by atoms with van der Waals surface area (Å²) in [6.07, 6.45) is 4.42. The van der Waals surface area contributed by atoms with Crippen molar-refractivity contribution in [3.63, 3.8) is 0 Å². The van der Waals surface area contributed by atoms with Gasteiger partial charge in [0.2, 0.25) is 0 Å². The van der Waals surface area contributed by atoms with Crippen LogP contribution in [0.25, 0.3) is 11.3 Å². The van der Waals surface area contributed by atoms with Crippen molar-refractivity contribution in [2.45, 2.75) is 25.4 Å². The lowest BCUT2D eigenvalue weighted by atomic mass is 10.0. The summed E-state index contributed by atoms with van der Waals surface area (Å²) in [7, 11) is 3.88. The number of likely N-dealkylation sites (N-methyl/N-ethyl adjacent to an activating group) is 1. The van der Waals surface area contributed by atoms with Gasteiger partial charge in [-0.2, -0.15) is 5.10 Å². The van der Waals surface area contributed by atoms with Crippen molar-refractivity contribution in [1.29, 1.82) is 0 Å². The highest BCUT2D eigenvalue weighted by Crippen LogP contribution is 2.25. The average molecular weight is 300 g/mol. The highest BCUT2D eigenvalue weighted by Gasteiger charge is 2.17. The van der Waals surface area contributed by atoms with Crippen LogP contribution < -0.4 is 10.1 Å². The Morgan fingerprint density at radius 3 is 3.18 bits per heavy atom. The molecule has 0 saturated carbocycles. The van der Waals surface area contributed by atoms with Gasteiger partial charge in [0.15, 0.2) is 0 Å². The Morgan fingerprint density at radius 1 is 1.45 bits per heavy atom. The summed E-state index contributed by atoms with van der Waals surface area (Å²) in [5.41, 5.74) is 3.37. The first-order valence-corrected chi connectivity index (χ1v) is 7.85. The lowest BCUT2D eigenvalue weighted by molar-refractivity contribution is 0.226. The third-order valence-electron chi connectivity index (χ3n) is 4.28. The van der Waals surface area contributed by atoms with Gasteiger partial charge in [-0.05, 0) is 38.6 Å². The normalized spacial score (nSPS) is 19.3. The van der Waals surface area contributed by atoms with Gasteiger partial charge in [-0.25, -0.2) is 0 Å². The van der Waals surface area contributed by atoms with E-state index in [2.05, 4.69) is 33.5 Å². The molecule has 0 aliphatic carbocycles. The van der Waals surface area contributed by atoms with Gasteiger partial charge >= 0.3 is 0 Å². The summed E-state index contributed by atoms with van der Waals surface area (Å²) in [4.78, 5) is 2.39. The Labute approximate surface area is 131 Å². The lowest BCUT2D eigenvalue weighted by Crippen LogP contribution is -2.43. The second-order valence-electron chi connectivity index (χ2n) is 5.98. The second-order valence-corrected chi connectivity index (χ2v) is 5.98. The van der Waals surface area contributed by atoms with E-state index >= 15 is 0 Å². The summed E-state index contributed by atoms with van der Waals surface area (Å²) in [6.45, 7) is 3.16. The molecule has 22 heavy (non-hydrogen) atoms. The third-order valence-corrected chi connectivity index (χ3v) is 4.28. The molecule has 0 unspecified atom stereocenters. The minimum Gasteiger partial charge on any atom is -0.497 e. The zero-order valence-corrected chi connectivity index (χ0v) is 13.3. The monoisotopic (exact) mass is 300 g/mol. The lowest BCUT2D eigenvalue weighted by Gasteiger charge is -2.30. The van der Waals surface area contributed by atoms with E-state index in [4.69, 9.17) is 4.74 Å². The van der Waals surface area contributed by atoms with Gasteiger partial charge in [0.1, 0.15) is 5.75 Å². The summed E-state index contributed by atoms with van der Waals surface area (Å²) < 4.78 is 5.30. The molecule has 1 aromatic heterocycles. The van der Waals surface area contributed by atoms with E-state index in [0.717, 1.165) is 30.1 Å². The van der Waals surface area contributed by atoms with Crippen LogP contribution in [-0.4, -0.2) is 48.4 Å². The fourth-order valence-electron chi connectivity index (χ4n) is 3.06. The highest BCUT2D eigenvalue weighted by atomic mass is 16.5. The van der Waals surface area contributed by atoms with Crippen LogP contribution in [0.5, 0.6) is 5.75 Å². The molecule has 1 fully saturated rings. The highest BCUT2D eigenvalue weighted by molar-refractivity contribution is 5.64. The van der Waals surface area contributed by atoms with Gasteiger partial charge in [-0.1, -0.05) is 12.1 Å². The first-order valence-electron chi connectivity index (χ1n) is 7.85. The van der Waals surface area contributed by atoms with E-state index < -0.39 is 0 Å². The minimum absolute atomic E-state index is 0.562. The zero-order valence-electron chi connectivity index (χ0n) is 13.3. The van der Waals surface area contributed by atoms with Crippen molar-refractivity contribution >= 4 is 0 Å². The molecule has 0 amide bonds. The van der Waals surface area contributed by atoms with Crippen LogP contribution in [0.2, 0.25) is 0 Å². The zero-order chi connectivity index (χ0) is 15.4. The maximum atomic E-state index is 5.30. The molecule has 2 aromatic rings. The van der Waals surface area contributed by atoms with E-state index in [1.807, 2.05) is 24.4 Å². The maximum absolute atomic E-state index is 5.30. The van der Waals surface area contributed by atoms with E-state index in [0.29, 0.717) is 6.04 Å². The molecule has 1 aliphatic rings. The van der Waals surface area contributed by atoms with Gasteiger partial charge in [0, 0.05) is 30.3 Å². The molecule has 2 N–H and O–H groups in total. The molecule has 5 heteroatoms. The molecule has 1 saturated heterocycles. The second kappa shape index (κ2) is 6.94. The van der Waals surface area contributed by atoms with Crippen molar-refractivity contribution in [2.75, 3.05) is 27.2 Å². The number of nitrogens with zero attached hydrogens (tertiary/aromatic N) is 2. The number of nitrogens with one attached hydrogen (secondary N) is 2. The molecule has 5 nitrogen and oxygen atoms in total. The van der Waals surface area contributed by atoms with Gasteiger partial charge < -0.3 is 15.0 Å². The number of aromatic amines is 1. The molecule has 1 aromatic carbocycles. The number of ether oxygens (including phenoxy) is 1. The van der Waals surface area contributed by atoms with Crippen molar-refractivity contribution < 1.29 is 4.74 Å². The van der Waals surface area contributed by atoms with Crippen molar-refractivity contribution in [2.24, 2.45) is 0 Å². The average Bonchev–Trinajstić information content (AvgIpc) is 3.01. The fourth-order valence-corrected chi connectivity index (χ4v) is 3.06. The Bertz CT molecular complexity index is 610. The number of aromatic nitrogens is 2. The SMILES string of the molecule is COc1cccc(-c2[nH]ncc2CN[C@@H]2CCCN(C)C2)c1. The molecular formula is C17H24N4O. The van der Waals surface area contributed by atoms with Crippen LogP contribution in [0.15, 0.2) is 30.5 Å². The Balaban J connectivity index is 1.69. The molecule has 1 atom stereocenters. The first kappa shape index (κ1) is 15.1. The summed E-state index contributed by atoms with van der Waals surface area (Å²) >= 11 is 0. The standard InChI is InChI=1S/C17H24N4O/c1-21-8-4-6-15(12-21)18-10-14-11-19-20-17(14)13-5-3-7-16(9-13)22-2/h3,5,7,9,11,15,18H,4,6,8,10,12H2,1-2H3,(H,19,20)/t15-/m1/s1. The van der Waals surface area contributed by atoms with Crippen LogP contribution in [0.1, 0.15) is 18.4 Å². The first-order chi connectivity index (χ1) is 10.8. The van der Waals surface area contributed by atoms with Crippen molar-refractivity contribution in [3.05, 3.63) is 36.0 Å². The van der Waals surface area contributed by atoms with E-state index in [-0.39, 0.29) is 0 Å². The number of piperidine rings is 1. The van der Waals surface area contributed by atoms with Crippen molar-refractivity contribution in [3.8, 4) is 17.0 Å². The van der Waals surface area contributed by atoms with E-state index in [1.54, 1.807) is 7.11 Å². The van der Waals surface area contributed by atoms with Gasteiger partial charge in [-0.15, -0.1) is 0 Å². The summed E-state index contributed by atoms with van der Waals surface area (Å²) in [5.74, 6) is 0.861. The van der Waals surface area contributed by atoms with Gasteiger partial charge in [0.05, 0.1) is 19.0 Å². The van der Waals surface area contributed by atoms with E-state index in [9.17, 15) is 0 Å². The van der Waals surface area contributed by atoms with Crippen LogP contribution in [0, 0.1) is 0 Å². The van der Waals surface area contributed by atoms with Crippen molar-refractivity contribution in [1.82, 2.24) is 20.4 Å². The molecular weight excluding hydrogens is 276 g/mol. The molecule has 0 radical (unpaired) electrons. The number of likely N-dealkylation sites (tertiary alicyclic amines) is 1. The molecule has 118 valence electrons.